The molecule has 1 amide bonds. The summed E-state index contributed by atoms with van der Waals surface area (Å²) in [4.78, 5) is 22.3. The van der Waals surface area contributed by atoms with Crippen molar-refractivity contribution >= 4 is 35.6 Å². The first-order valence-corrected chi connectivity index (χ1v) is 6.73. The zero-order chi connectivity index (χ0) is 15.3. The van der Waals surface area contributed by atoms with E-state index in [4.69, 9.17) is 17.3 Å². The average Bonchev–Trinajstić information content (AvgIpc) is 2.44. The molecule has 0 aliphatic carbocycles. The molecular weight excluding hydrogens is 317 g/mol. The van der Waals surface area contributed by atoms with Gasteiger partial charge in [0.05, 0.1) is 21.0 Å². The van der Waals surface area contributed by atoms with Gasteiger partial charge in [0.2, 0.25) is 0 Å². The van der Waals surface area contributed by atoms with Crippen LogP contribution in [0.2, 0.25) is 5.02 Å². The van der Waals surface area contributed by atoms with Gasteiger partial charge in [-0.25, -0.2) is 0 Å². The van der Waals surface area contributed by atoms with Crippen molar-refractivity contribution in [3.05, 3.63) is 38.9 Å². The third-order valence-electron chi connectivity index (χ3n) is 3.53. The molecule has 0 bridgehead atoms. The fourth-order valence-corrected chi connectivity index (χ4v) is 2.14. The van der Waals surface area contributed by atoms with Crippen LogP contribution in [0.1, 0.15) is 37.0 Å². The van der Waals surface area contributed by atoms with Crippen molar-refractivity contribution < 1.29 is 9.72 Å². The van der Waals surface area contributed by atoms with Crippen molar-refractivity contribution in [1.29, 1.82) is 0 Å². The largest absolute Gasteiger partial charge is 0.345 e. The fraction of sp³-hybridized carbons (Fsp3) is 0.462. The van der Waals surface area contributed by atoms with Crippen LogP contribution in [-0.2, 0) is 0 Å². The molecule has 3 N–H and O–H groups in total. The highest BCUT2D eigenvalue weighted by Gasteiger charge is 2.27. The Morgan fingerprint density at radius 1 is 1.43 bits per heavy atom. The lowest BCUT2D eigenvalue weighted by atomic mass is 9.92. The first-order valence-electron chi connectivity index (χ1n) is 6.35. The number of rotatable bonds is 6. The average molecular weight is 336 g/mol. The zero-order valence-electron chi connectivity index (χ0n) is 11.9. The molecular formula is C13H19Cl2N3O3. The van der Waals surface area contributed by atoms with Gasteiger partial charge in [0.15, 0.2) is 0 Å². The van der Waals surface area contributed by atoms with Crippen LogP contribution < -0.4 is 11.1 Å². The van der Waals surface area contributed by atoms with E-state index in [1.165, 1.54) is 18.2 Å². The van der Waals surface area contributed by atoms with E-state index in [1.807, 2.05) is 13.8 Å². The normalized spacial score (nSPS) is 10.7. The minimum absolute atomic E-state index is 0. The number of nitrogens with two attached hydrogens (primary N) is 1. The van der Waals surface area contributed by atoms with Crippen LogP contribution in [0.3, 0.4) is 0 Å². The lowest BCUT2D eigenvalue weighted by Crippen LogP contribution is -2.52. The molecule has 0 aliphatic rings. The van der Waals surface area contributed by atoms with E-state index in [9.17, 15) is 14.9 Å². The van der Waals surface area contributed by atoms with Gasteiger partial charge in [0.1, 0.15) is 0 Å². The van der Waals surface area contributed by atoms with E-state index in [1.54, 1.807) is 0 Å². The number of benzene rings is 1. The Kier molecular flexibility index (Phi) is 7.63. The van der Waals surface area contributed by atoms with Crippen LogP contribution in [0.5, 0.6) is 0 Å². The lowest BCUT2D eigenvalue weighted by molar-refractivity contribution is -0.384. The number of non-ortho nitro benzene ring substituents is 1. The fourth-order valence-electron chi connectivity index (χ4n) is 1.88. The molecule has 1 aromatic rings. The van der Waals surface area contributed by atoms with Gasteiger partial charge >= 0.3 is 0 Å². The first kappa shape index (κ1) is 19.6. The number of amides is 1. The van der Waals surface area contributed by atoms with Gasteiger partial charge in [-0.3, -0.25) is 14.9 Å². The highest BCUT2D eigenvalue weighted by atomic mass is 35.5. The summed E-state index contributed by atoms with van der Waals surface area (Å²) in [5, 5.41) is 13.5. The first-order chi connectivity index (χ1) is 9.39. The van der Waals surface area contributed by atoms with Crippen LogP contribution >= 0.6 is 24.0 Å². The third-order valence-corrected chi connectivity index (χ3v) is 3.84. The lowest BCUT2D eigenvalue weighted by Gasteiger charge is -2.31. The predicted molar refractivity (Wildman–Crippen MR) is 85.2 cm³/mol. The Labute approximate surface area is 134 Å². The standard InChI is InChI=1S/C13H18ClN3O3.ClH/c1-3-13(4-2,8-15)16-12(18)10-6-5-9(17(19)20)7-11(10)14;/h5-7H,3-4,8,15H2,1-2H3,(H,16,18);1H. The second-order valence-corrected chi connectivity index (χ2v) is 4.97. The summed E-state index contributed by atoms with van der Waals surface area (Å²) in [5.41, 5.74) is 5.29. The molecule has 0 aliphatic heterocycles. The smallest absolute Gasteiger partial charge is 0.270 e. The van der Waals surface area contributed by atoms with E-state index in [-0.39, 0.29) is 34.6 Å². The minimum Gasteiger partial charge on any atom is -0.345 e. The third kappa shape index (κ3) is 4.56. The number of nitro benzene ring substituents is 1. The van der Waals surface area contributed by atoms with Gasteiger partial charge in [0, 0.05) is 18.7 Å². The molecule has 0 saturated carbocycles. The summed E-state index contributed by atoms with van der Waals surface area (Å²) in [6.07, 6.45) is 1.38. The number of carbonyl (C=O) groups is 1. The quantitative estimate of drug-likeness (QED) is 0.616. The molecule has 0 atom stereocenters. The molecule has 21 heavy (non-hydrogen) atoms. The number of nitrogens with zero attached hydrogens (tertiary/aromatic N) is 1. The summed E-state index contributed by atoms with van der Waals surface area (Å²) >= 11 is 5.93. The Hall–Kier alpha value is -1.37. The van der Waals surface area contributed by atoms with E-state index in [0.29, 0.717) is 19.4 Å². The molecule has 0 heterocycles. The number of carbonyl (C=O) groups excluding carboxylic acids is 1. The molecule has 0 aromatic heterocycles. The van der Waals surface area contributed by atoms with E-state index < -0.39 is 10.5 Å². The van der Waals surface area contributed by atoms with E-state index in [2.05, 4.69) is 5.32 Å². The summed E-state index contributed by atoms with van der Waals surface area (Å²) in [5.74, 6) is -0.376. The molecule has 1 rings (SSSR count). The Bertz CT molecular complexity index is 511. The van der Waals surface area contributed by atoms with Crippen LogP contribution in [0.4, 0.5) is 5.69 Å². The van der Waals surface area contributed by atoms with Gasteiger partial charge < -0.3 is 11.1 Å². The molecule has 0 saturated heterocycles. The molecule has 6 nitrogen and oxygen atoms in total. The monoisotopic (exact) mass is 335 g/mol. The summed E-state index contributed by atoms with van der Waals surface area (Å²) in [6.45, 7) is 4.19. The summed E-state index contributed by atoms with van der Waals surface area (Å²) in [7, 11) is 0. The Balaban J connectivity index is 0.00000400. The van der Waals surface area contributed by atoms with Crippen molar-refractivity contribution in [2.45, 2.75) is 32.2 Å². The number of nitro groups is 1. The number of nitrogens with one attached hydrogen (secondary N) is 1. The van der Waals surface area contributed by atoms with Crippen LogP contribution in [0.15, 0.2) is 18.2 Å². The molecule has 118 valence electrons. The van der Waals surface area contributed by atoms with Gasteiger partial charge in [-0.15, -0.1) is 12.4 Å². The number of hydrogen-bond acceptors (Lipinski definition) is 4. The minimum atomic E-state index is -0.560. The van der Waals surface area contributed by atoms with Crippen molar-refractivity contribution in [2.75, 3.05) is 6.54 Å². The van der Waals surface area contributed by atoms with E-state index in [0.717, 1.165) is 0 Å². The topological polar surface area (TPSA) is 98.3 Å². The Morgan fingerprint density at radius 3 is 2.38 bits per heavy atom. The highest BCUT2D eigenvalue weighted by molar-refractivity contribution is 6.34. The number of halogens is 2. The van der Waals surface area contributed by atoms with Crippen LogP contribution in [0, 0.1) is 10.1 Å². The van der Waals surface area contributed by atoms with Crippen molar-refractivity contribution in [2.24, 2.45) is 5.73 Å². The van der Waals surface area contributed by atoms with Crippen molar-refractivity contribution in [3.8, 4) is 0 Å². The molecule has 1 aromatic carbocycles. The van der Waals surface area contributed by atoms with Gasteiger partial charge in [-0.05, 0) is 18.9 Å². The van der Waals surface area contributed by atoms with E-state index >= 15 is 0 Å². The molecule has 8 heteroatoms. The van der Waals surface area contributed by atoms with Gasteiger partial charge in [0.25, 0.3) is 11.6 Å². The van der Waals surface area contributed by atoms with Gasteiger partial charge in [-0.1, -0.05) is 25.4 Å². The predicted octanol–water partition coefficient (Wildman–Crippen LogP) is 2.92. The van der Waals surface area contributed by atoms with Gasteiger partial charge in [-0.2, -0.15) is 0 Å². The maximum atomic E-state index is 12.2. The molecule has 0 radical (unpaired) electrons. The second kappa shape index (κ2) is 8.17. The van der Waals surface area contributed by atoms with Crippen LogP contribution in [0.25, 0.3) is 0 Å². The second-order valence-electron chi connectivity index (χ2n) is 4.57. The molecule has 0 unspecified atom stereocenters. The number of hydrogen-bond donors (Lipinski definition) is 2. The highest BCUT2D eigenvalue weighted by Crippen LogP contribution is 2.23. The van der Waals surface area contributed by atoms with Crippen molar-refractivity contribution in [3.63, 3.8) is 0 Å². The van der Waals surface area contributed by atoms with Crippen molar-refractivity contribution in [1.82, 2.24) is 5.32 Å². The molecule has 0 spiro atoms. The SMILES string of the molecule is CCC(CC)(CN)NC(=O)c1ccc([N+](=O)[O-])cc1Cl.Cl. The summed E-state index contributed by atoms with van der Waals surface area (Å²) in [6, 6.07) is 3.77. The molecule has 0 fully saturated rings. The maximum absolute atomic E-state index is 12.2. The zero-order valence-corrected chi connectivity index (χ0v) is 13.5. The maximum Gasteiger partial charge on any atom is 0.270 e. The summed E-state index contributed by atoms with van der Waals surface area (Å²) < 4.78 is 0. The Morgan fingerprint density at radius 2 is 2.00 bits per heavy atom. The van der Waals surface area contributed by atoms with Crippen LogP contribution in [-0.4, -0.2) is 22.9 Å².